The lowest BCUT2D eigenvalue weighted by Gasteiger charge is -2.36. The number of fused-ring (bicyclic) bond motifs is 1. The summed E-state index contributed by atoms with van der Waals surface area (Å²) >= 11 is 6.15. The van der Waals surface area contributed by atoms with Gasteiger partial charge in [-0.15, -0.1) is 5.10 Å². The fourth-order valence-corrected chi connectivity index (χ4v) is 7.00. The van der Waals surface area contributed by atoms with Gasteiger partial charge in [0.1, 0.15) is 18.6 Å². The molecule has 7 rings (SSSR count). The number of aromatic hydroxyl groups is 1. The lowest BCUT2D eigenvalue weighted by Crippen LogP contribution is -2.51. The highest BCUT2D eigenvalue weighted by molar-refractivity contribution is 6.33. The zero-order chi connectivity index (χ0) is 39.2. The Kier molecular flexibility index (Phi) is 10.3. The Hall–Kier alpha value is -5.55. The van der Waals surface area contributed by atoms with E-state index in [-0.39, 0.29) is 84.3 Å². The van der Waals surface area contributed by atoms with Crippen molar-refractivity contribution < 1.29 is 27.9 Å². The molecule has 0 spiro atoms. The second-order valence-electron chi connectivity index (χ2n) is 13.7. The summed E-state index contributed by atoms with van der Waals surface area (Å²) in [7, 11) is 2.09. The second-order valence-corrected chi connectivity index (χ2v) is 14.1. The molecule has 0 unspecified atom stereocenters. The van der Waals surface area contributed by atoms with Gasteiger partial charge in [-0.05, 0) is 57.0 Å². The predicted molar refractivity (Wildman–Crippen MR) is 198 cm³/mol. The molecule has 288 valence electrons. The summed E-state index contributed by atoms with van der Waals surface area (Å²) in [5.74, 6) is -1.05. The molecule has 18 heteroatoms. The number of halogens is 4. The molecule has 5 aromatic rings. The fraction of sp³-hybridized carbons (Fsp3) is 0.378. The van der Waals surface area contributed by atoms with Gasteiger partial charge in [0.15, 0.2) is 17.3 Å². The van der Waals surface area contributed by atoms with Crippen LogP contribution in [-0.4, -0.2) is 95.1 Å². The molecule has 2 aromatic carbocycles. The monoisotopic (exact) mass is 778 g/mol. The van der Waals surface area contributed by atoms with Crippen LogP contribution >= 0.6 is 11.6 Å². The first-order valence-electron chi connectivity index (χ1n) is 17.8. The van der Waals surface area contributed by atoms with Crippen LogP contribution in [0.5, 0.6) is 5.75 Å². The van der Waals surface area contributed by atoms with Gasteiger partial charge < -0.3 is 24.8 Å². The Morgan fingerprint density at radius 1 is 1.05 bits per heavy atom. The number of benzene rings is 2. The van der Waals surface area contributed by atoms with Crippen LogP contribution in [0, 0.1) is 6.92 Å². The standard InChI is InChI=1S/C37H38ClF3N10O4/c1-4-28-31(48-13-15-49(16-14-48)34(54)30-32(53)21(2)42-20-43-30)35(55)51-36(45-33(46-51)23-7-5-22(6-8-23)18-47(3)25-10-11-25)50(28)19-29(52)44-27-12-9-24(17-26(27)38)37(39,40)41/h5-9,12,17,20,25,53H,4,10-11,13-16,18-19H2,1-3H3,(H,44,52). The fourth-order valence-electron chi connectivity index (χ4n) is 6.78. The Labute approximate surface area is 318 Å². The van der Waals surface area contributed by atoms with Crippen LogP contribution in [0.15, 0.2) is 53.6 Å². The van der Waals surface area contributed by atoms with Crippen molar-refractivity contribution in [1.82, 2.24) is 38.9 Å². The molecule has 0 radical (unpaired) electrons. The molecule has 4 heterocycles. The maximum Gasteiger partial charge on any atom is 0.416 e. The van der Waals surface area contributed by atoms with Gasteiger partial charge in [0, 0.05) is 44.3 Å². The number of anilines is 2. The summed E-state index contributed by atoms with van der Waals surface area (Å²) in [4.78, 5) is 59.6. The number of piperazine rings is 1. The highest BCUT2D eigenvalue weighted by Crippen LogP contribution is 2.34. The van der Waals surface area contributed by atoms with E-state index in [4.69, 9.17) is 16.6 Å². The highest BCUT2D eigenvalue weighted by atomic mass is 35.5. The average Bonchev–Trinajstić information content (AvgIpc) is 3.92. The molecule has 0 bridgehead atoms. The average molecular weight is 779 g/mol. The summed E-state index contributed by atoms with van der Waals surface area (Å²) in [5, 5.41) is 17.3. The number of hydrogen-bond donors (Lipinski definition) is 2. The third-order valence-corrected chi connectivity index (χ3v) is 10.3. The van der Waals surface area contributed by atoms with Crippen LogP contribution in [-0.2, 0) is 30.5 Å². The van der Waals surface area contributed by atoms with Crippen LogP contribution in [0.2, 0.25) is 5.02 Å². The van der Waals surface area contributed by atoms with Gasteiger partial charge in [0.25, 0.3) is 11.5 Å². The number of hydrogen-bond acceptors (Lipinski definition) is 10. The Morgan fingerprint density at radius 3 is 2.40 bits per heavy atom. The normalized spacial score (nSPS) is 14.9. The summed E-state index contributed by atoms with van der Waals surface area (Å²) in [5.41, 5.74) is 1.20. The maximum absolute atomic E-state index is 14.4. The smallest absolute Gasteiger partial charge is 0.416 e. The van der Waals surface area contributed by atoms with Crippen molar-refractivity contribution in [2.75, 3.05) is 43.4 Å². The Bertz CT molecular complexity index is 2340. The molecular formula is C37H38ClF3N10O4. The minimum absolute atomic E-state index is 0.0183. The van der Waals surface area contributed by atoms with E-state index in [1.807, 2.05) is 36.1 Å². The molecule has 1 aliphatic heterocycles. The molecule has 1 aliphatic carbocycles. The quantitative estimate of drug-likeness (QED) is 0.202. The van der Waals surface area contributed by atoms with E-state index in [2.05, 4.69) is 32.3 Å². The number of carbonyl (C=O) groups excluding carboxylic acids is 2. The first-order chi connectivity index (χ1) is 26.2. The molecule has 1 saturated heterocycles. The van der Waals surface area contributed by atoms with Crippen molar-refractivity contribution in [3.63, 3.8) is 0 Å². The van der Waals surface area contributed by atoms with Crippen LogP contribution in [0.1, 0.15) is 52.8 Å². The third-order valence-electron chi connectivity index (χ3n) is 9.94. The summed E-state index contributed by atoms with van der Waals surface area (Å²) in [6.07, 6.45) is -0.743. The molecule has 2 N–H and O–H groups in total. The van der Waals surface area contributed by atoms with E-state index >= 15 is 0 Å². The lowest BCUT2D eigenvalue weighted by atomic mass is 10.1. The molecule has 14 nitrogen and oxygen atoms in total. The van der Waals surface area contributed by atoms with Gasteiger partial charge in [-0.2, -0.15) is 22.7 Å². The maximum atomic E-state index is 14.4. The van der Waals surface area contributed by atoms with E-state index in [1.54, 1.807) is 11.5 Å². The number of aromatic nitrogens is 6. The van der Waals surface area contributed by atoms with Crippen LogP contribution < -0.4 is 15.8 Å². The van der Waals surface area contributed by atoms with E-state index in [0.29, 0.717) is 17.3 Å². The number of alkyl halides is 3. The third kappa shape index (κ3) is 7.71. The molecule has 55 heavy (non-hydrogen) atoms. The molecule has 2 fully saturated rings. The molecule has 3 aromatic heterocycles. The second kappa shape index (κ2) is 14.9. The summed E-state index contributed by atoms with van der Waals surface area (Å²) < 4.78 is 42.5. The molecular weight excluding hydrogens is 741 g/mol. The highest BCUT2D eigenvalue weighted by Gasteiger charge is 2.33. The number of amides is 2. The van der Waals surface area contributed by atoms with Crippen molar-refractivity contribution in [2.45, 2.75) is 58.4 Å². The minimum Gasteiger partial charge on any atom is -0.504 e. The zero-order valence-corrected chi connectivity index (χ0v) is 31.0. The first-order valence-corrected chi connectivity index (χ1v) is 18.1. The number of rotatable bonds is 10. The zero-order valence-electron chi connectivity index (χ0n) is 30.3. The number of nitrogens with one attached hydrogen (secondary N) is 1. The van der Waals surface area contributed by atoms with E-state index in [0.717, 1.165) is 34.8 Å². The summed E-state index contributed by atoms with van der Waals surface area (Å²) in [6.45, 7) is 4.65. The van der Waals surface area contributed by atoms with Gasteiger partial charge in [-0.25, -0.2) is 9.97 Å². The van der Waals surface area contributed by atoms with Gasteiger partial charge in [-0.3, -0.25) is 19.3 Å². The number of aryl methyl sites for hydroxylation is 1. The van der Waals surface area contributed by atoms with Crippen LogP contribution in [0.4, 0.5) is 24.5 Å². The van der Waals surface area contributed by atoms with E-state index in [1.165, 1.54) is 24.1 Å². The van der Waals surface area contributed by atoms with E-state index in [9.17, 15) is 32.7 Å². The lowest BCUT2D eigenvalue weighted by molar-refractivity contribution is -0.137. The van der Waals surface area contributed by atoms with Crippen molar-refractivity contribution in [3.05, 3.63) is 92.4 Å². The van der Waals surface area contributed by atoms with Crippen LogP contribution in [0.25, 0.3) is 17.2 Å². The molecule has 2 aliphatic rings. The van der Waals surface area contributed by atoms with Crippen molar-refractivity contribution in [1.29, 1.82) is 0 Å². The first kappa shape index (κ1) is 37.8. The largest absolute Gasteiger partial charge is 0.504 e. The van der Waals surface area contributed by atoms with Crippen molar-refractivity contribution >= 4 is 40.6 Å². The minimum atomic E-state index is -4.62. The van der Waals surface area contributed by atoms with Crippen molar-refractivity contribution in [2.24, 2.45) is 0 Å². The summed E-state index contributed by atoms with van der Waals surface area (Å²) in [6, 6.07) is 11.0. The Balaban J connectivity index is 1.23. The molecule has 0 atom stereocenters. The topological polar surface area (TPSA) is 154 Å². The van der Waals surface area contributed by atoms with Gasteiger partial charge in [-0.1, -0.05) is 42.8 Å². The Morgan fingerprint density at radius 2 is 1.76 bits per heavy atom. The van der Waals surface area contributed by atoms with Gasteiger partial charge in [0.05, 0.1) is 27.7 Å². The number of carbonyl (C=O) groups is 2. The van der Waals surface area contributed by atoms with E-state index < -0.39 is 29.1 Å². The molecule has 1 saturated carbocycles. The molecule has 2 amide bonds. The van der Waals surface area contributed by atoms with Crippen molar-refractivity contribution in [3.8, 4) is 17.1 Å². The van der Waals surface area contributed by atoms with Crippen LogP contribution in [0.3, 0.4) is 0 Å². The van der Waals surface area contributed by atoms with Gasteiger partial charge in [0.2, 0.25) is 11.7 Å². The SMILES string of the molecule is CCc1c(N2CCN(C(=O)c3ncnc(C)c3O)CC2)c(=O)n2nc(-c3ccc(CN(C)C4CC4)cc3)nc2n1CC(=O)Nc1ccc(C(F)(F)F)cc1Cl. The number of nitrogens with zero attached hydrogens (tertiary/aromatic N) is 9. The predicted octanol–water partition coefficient (Wildman–Crippen LogP) is 4.79. The van der Waals surface area contributed by atoms with Gasteiger partial charge >= 0.3 is 6.18 Å².